The molecule has 19 heavy (non-hydrogen) atoms. The largest absolute Gasteiger partial charge is 0.496 e. The number of carbonyl (C=O) groups is 1. The first-order valence-electron chi connectivity index (χ1n) is 5.99. The van der Waals surface area contributed by atoms with Crippen LogP contribution in [0.4, 0.5) is 18.9 Å². The van der Waals surface area contributed by atoms with Crippen LogP contribution in [0.25, 0.3) is 0 Å². The lowest BCUT2D eigenvalue weighted by Gasteiger charge is -2.24. The molecule has 0 atom stereocenters. The number of nitrogens with zero attached hydrogens (tertiary/aromatic N) is 1. The maximum atomic E-state index is 12.6. The van der Waals surface area contributed by atoms with Crippen molar-refractivity contribution in [1.82, 2.24) is 0 Å². The maximum Gasteiger partial charge on any atom is 0.471 e. The van der Waals surface area contributed by atoms with E-state index in [0.29, 0.717) is 29.8 Å². The van der Waals surface area contributed by atoms with Crippen molar-refractivity contribution in [2.45, 2.75) is 25.4 Å². The summed E-state index contributed by atoms with van der Waals surface area (Å²) in [6, 6.07) is 4.83. The van der Waals surface area contributed by atoms with Crippen LogP contribution in [-0.2, 0) is 11.2 Å². The smallest absolute Gasteiger partial charge is 0.471 e. The number of hydrogen-bond acceptors (Lipinski definition) is 2. The van der Waals surface area contributed by atoms with Gasteiger partial charge < -0.3 is 9.64 Å². The van der Waals surface area contributed by atoms with E-state index in [1.165, 1.54) is 13.2 Å². The Kier molecular flexibility index (Phi) is 3.68. The van der Waals surface area contributed by atoms with Gasteiger partial charge in [0.2, 0.25) is 0 Å². The van der Waals surface area contributed by atoms with Gasteiger partial charge >= 0.3 is 12.1 Å². The molecule has 1 amide bonds. The first-order chi connectivity index (χ1) is 8.95. The number of fused-ring (bicyclic) bond motifs is 1. The van der Waals surface area contributed by atoms with Gasteiger partial charge in [-0.3, -0.25) is 4.79 Å². The summed E-state index contributed by atoms with van der Waals surface area (Å²) in [4.78, 5) is 12.3. The molecule has 104 valence electrons. The van der Waals surface area contributed by atoms with E-state index in [1.807, 2.05) is 0 Å². The van der Waals surface area contributed by atoms with Gasteiger partial charge in [-0.2, -0.15) is 13.2 Å². The molecule has 0 N–H and O–H groups in total. The number of rotatable bonds is 1. The summed E-state index contributed by atoms with van der Waals surface area (Å²) in [7, 11) is 1.47. The highest BCUT2D eigenvalue weighted by Gasteiger charge is 2.43. The number of halogens is 3. The van der Waals surface area contributed by atoms with Crippen molar-refractivity contribution in [2.75, 3.05) is 18.6 Å². The number of benzene rings is 1. The van der Waals surface area contributed by atoms with Crippen molar-refractivity contribution in [2.24, 2.45) is 0 Å². The summed E-state index contributed by atoms with van der Waals surface area (Å²) in [5, 5.41) is 0. The van der Waals surface area contributed by atoms with Crippen molar-refractivity contribution in [3.05, 3.63) is 23.8 Å². The molecule has 3 nitrogen and oxygen atoms in total. The Hall–Kier alpha value is -1.72. The molecule has 6 heteroatoms. The summed E-state index contributed by atoms with van der Waals surface area (Å²) in [5.41, 5.74) is 0.972. The Bertz CT molecular complexity index is 485. The molecule has 0 bridgehead atoms. The molecule has 0 aliphatic carbocycles. The van der Waals surface area contributed by atoms with E-state index >= 15 is 0 Å². The monoisotopic (exact) mass is 273 g/mol. The molecule has 1 aromatic carbocycles. The van der Waals surface area contributed by atoms with Gasteiger partial charge in [-0.05, 0) is 31.4 Å². The van der Waals surface area contributed by atoms with E-state index in [0.717, 1.165) is 11.3 Å². The average Bonchev–Trinajstić information content (AvgIpc) is 2.58. The summed E-state index contributed by atoms with van der Waals surface area (Å²) >= 11 is 0. The third kappa shape index (κ3) is 2.67. The van der Waals surface area contributed by atoms with Crippen LogP contribution in [0.3, 0.4) is 0 Å². The van der Waals surface area contributed by atoms with E-state index in [9.17, 15) is 18.0 Å². The molecular weight excluding hydrogens is 259 g/mol. The number of methoxy groups -OCH3 is 1. The van der Waals surface area contributed by atoms with Gasteiger partial charge in [0.15, 0.2) is 0 Å². The zero-order valence-corrected chi connectivity index (χ0v) is 10.5. The molecule has 0 saturated heterocycles. The third-order valence-corrected chi connectivity index (χ3v) is 3.17. The molecule has 0 radical (unpaired) electrons. The zero-order chi connectivity index (χ0) is 14.0. The summed E-state index contributed by atoms with van der Waals surface area (Å²) in [6.07, 6.45) is -2.97. The van der Waals surface area contributed by atoms with Gasteiger partial charge in [0.1, 0.15) is 5.75 Å². The summed E-state index contributed by atoms with van der Waals surface area (Å²) < 4.78 is 43.0. The van der Waals surface area contributed by atoms with Gasteiger partial charge in [-0.1, -0.05) is 6.07 Å². The van der Waals surface area contributed by atoms with Crippen molar-refractivity contribution in [3.63, 3.8) is 0 Å². The van der Waals surface area contributed by atoms with Gasteiger partial charge in [0, 0.05) is 12.1 Å². The molecular formula is C13H14F3NO2. The van der Waals surface area contributed by atoms with Crippen LogP contribution < -0.4 is 9.64 Å². The quantitative estimate of drug-likeness (QED) is 0.787. The molecule has 0 saturated carbocycles. The Balaban J connectivity index is 2.47. The standard InChI is InChI=1S/C13H14F3NO2/c1-19-11-7-4-6-10-9(11)5-2-3-8-17(10)12(18)13(14,15)16/h4,6-7H,2-3,5,8H2,1H3. The fourth-order valence-corrected chi connectivity index (χ4v) is 2.31. The second-order valence-corrected chi connectivity index (χ2v) is 4.37. The average molecular weight is 273 g/mol. The number of hydrogen-bond donors (Lipinski definition) is 0. The third-order valence-electron chi connectivity index (χ3n) is 3.17. The summed E-state index contributed by atoms with van der Waals surface area (Å²) in [6.45, 7) is 0.0819. The molecule has 1 aromatic rings. The number of anilines is 1. The highest BCUT2D eigenvalue weighted by atomic mass is 19.4. The van der Waals surface area contributed by atoms with Crippen molar-refractivity contribution in [3.8, 4) is 5.75 Å². The van der Waals surface area contributed by atoms with Crippen molar-refractivity contribution in [1.29, 1.82) is 0 Å². The molecule has 0 fully saturated rings. The molecule has 0 spiro atoms. The minimum Gasteiger partial charge on any atom is -0.496 e. The Morgan fingerprint density at radius 2 is 2.05 bits per heavy atom. The van der Waals surface area contributed by atoms with Crippen LogP contribution in [0.5, 0.6) is 5.75 Å². The normalized spacial score (nSPS) is 15.7. The van der Waals surface area contributed by atoms with Crippen molar-refractivity contribution >= 4 is 11.6 Å². The van der Waals surface area contributed by atoms with Crippen LogP contribution in [-0.4, -0.2) is 25.7 Å². The van der Waals surface area contributed by atoms with Crippen LogP contribution in [0.1, 0.15) is 18.4 Å². The molecule has 1 heterocycles. The predicted molar refractivity (Wildman–Crippen MR) is 64.3 cm³/mol. The van der Waals surface area contributed by atoms with E-state index < -0.39 is 12.1 Å². The van der Waals surface area contributed by atoms with Gasteiger partial charge in [0.25, 0.3) is 0 Å². The number of carbonyl (C=O) groups excluding carboxylic acids is 1. The van der Waals surface area contributed by atoms with E-state index in [1.54, 1.807) is 12.1 Å². The van der Waals surface area contributed by atoms with Crippen LogP contribution in [0, 0.1) is 0 Å². The lowest BCUT2D eigenvalue weighted by molar-refractivity contribution is -0.170. The highest BCUT2D eigenvalue weighted by Crippen LogP contribution is 2.35. The Morgan fingerprint density at radius 1 is 1.32 bits per heavy atom. The van der Waals surface area contributed by atoms with Crippen molar-refractivity contribution < 1.29 is 22.7 Å². The summed E-state index contributed by atoms with van der Waals surface area (Å²) in [5.74, 6) is -1.29. The number of alkyl halides is 3. The lowest BCUT2D eigenvalue weighted by atomic mass is 10.1. The Morgan fingerprint density at radius 3 is 2.68 bits per heavy atom. The molecule has 2 rings (SSSR count). The lowest BCUT2D eigenvalue weighted by Crippen LogP contribution is -2.41. The highest BCUT2D eigenvalue weighted by molar-refractivity contribution is 5.98. The van der Waals surface area contributed by atoms with Gasteiger partial charge in [0.05, 0.1) is 12.8 Å². The fourth-order valence-electron chi connectivity index (χ4n) is 2.31. The van der Waals surface area contributed by atoms with Crippen LogP contribution in [0.15, 0.2) is 18.2 Å². The minimum absolute atomic E-state index is 0.0819. The first kappa shape index (κ1) is 13.7. The van der Waals surface area contributed by atoms with E-state index in [4.69, 9.17) is 4.74 Å². The number of amides is 1. The van der Waals surface area contributed by atoms with Gasteiger partial charge in [-0.15, -0.1) is 0 Å². The van der Waals surface area contributed by atoms with Crippen LogP contribution >= 0.6 is 0 Å². The predicted octanol–water partition coefficient (Wildman–Crippen LogP) is 2.93. The molecule has 0 unspecified atom stereocenters. The molecule has 1 aliphatic heterocycles. The second kappa shape index (κ2) is 5.11. The second-order valence-electron chi connectivity index (χ2n) is 4.37. The SMILES string of the molecule is COc1cccc2c1CCCCN2C(=O)C(F)(F)F. The molecule has 0 aromatic heterocycles. The molecule has 1 aliphatic rings. The maximum absolute atomic E-state index is 12.6. The van der Waals surface area contributed by atoms with Crippen LogP contribution in [0.2, 0.25) is 0 Å². The van der Waals surface area contributed by atoms with E-state index in [2.05, 4.69) is 0 Å². The van der Waals surface area contributed by atoms with E-state index in [-0.39, 0.29) is 6.54 Å². The van der Waals surface area contributed by atoms with Gasteiger partial charge in [-0.25, -0.2) is 0 Å². The fraction of sp³-hybridized carbons (Fsp3) is 0.462. The number of ether oxygens (including phenoxy) is 1. The zero-order valence-electron chi connectivity index (χ0n) is 10.5. The minimum atomic E-state index is -4.86. The first-order valence-corrected chi connectivity index (χ1v) is 5.99. The Labute approximate surface area is 109 Å². The topological polar surface area (TPSA) is 29.5 Å².